The molecule has 0 spiro atoms. The summed E-state index contributed by atoms with van der Waals surface area (Å²) in [5.41, 5.74) is -0.639. The van der Waals surface area contributed by atoms with E-state index in [1.54, 1.807) is 0 Å². The fourth-order valence-corrected chi connectivity index (χ4v) is 3.48. The first-order valence-corrected chi connectivity index (χ1v) is 8.31. The summed E-state index contributed by atoms with van der Waals surface area (Å²) < 4.78 is 5.05. The number of nitrogens with one attached hydrogen (secondary N) is 2. The van der Waals surface area contributed by atoms with Crippen LogP contribution in [-0.2, 0) is 14.3 Å². The fourth-order valence-electron chi connectivity index (χ4n) is 3.48. The Balaban J connectivity index is 1.75. The molecule has 2 aliphatic rings. The lowest BCUT2D eigenvalue weighted by Crippen LogP contribution is -3.14. The minimum absolute atomic E-state index is 0.0213. The maximum Gasteiger partial charge on any atom is 0.309 e. The van der Waals surface area contributed by atoms with Crippen molar-refractivity contribution < 1.29 is 19.2 Å². The Labute approximate surface area is 131 Å². The van der Waals surface area contributed by atoms with Crippen LogP contribution in [0.1, 0.15) is 45.4 Å². The third-order valence-electron chi connectivity index (χ3n) is 4.77. The van der Waals surface area contributed by atoms with Gasteiger partial charge in [0, 0.05) is 12.8 Å². The molecule has 1 aliphatic carbocycles. The van der Waals surface area contributed by atoms with Crippen LogP contribution in [0.4, 0.5) is 0 Å². The molecule has 22 heavy (non-hydrogen) atoms. The number of rotatable bonds is 5. The number of amides is 1. The minimum Gasteiger partial charge on any atom is -0.466 e. The van der Waals surface area contributed by atoms with Gasteiger partial charge in [-0.3, -0.25) is 9.59 Å². The van der Waals surface area contributed by atoms with E-state index in [0.29, 0.717) is 13.2 Å². The van der Waals surface area contributed by atoms with Crippen molar-refractivity contribution in [2.45, 2.75) is 51.0 Å². The predicted octanol–water partition coefficient (Wildman–Crippen LogP) is -0.203. The number of quaternary nitrogens is 1. The summed E-state index contributed by atoms with van der Waals surface area (Å²) in [6, 6.07) is 2.28. The molecule has 0 aromatic rings. The number of nitriles is 1. The van der Waals surface area contributed by atoms with Gasteiger partial charge in [-0.1, -0.05) is 0 Å². The Morgan fingerprint density at radius 2 is 1.95 bits per heavy atom. The Morgan fingerprint density at radius 1 is 1.32 bits per heavy atom. The van der Waals surface area contributed by atoms with Crippen molar-refractivity contribution in [3.8, 4) is 6.07 Å². The second-order valence-electron chi connectivity index (χ2n) is 6.40. The summed E-state index contributed by atoms with van der Waals surface area (Å²) in [6.45, 7) is 4.23. The van der Waals surface area contributed by atoms with Gasteiger partial charge in [0.2, 0.25) is 0 Å². The van der Waals surface area contributed by atoms with E-state index < -0.39 is 5.54 Å². The van der Waals surface area contributed by atoms with Gasteiger partial charge in [0.15, 0.2) is 6.54 Å². The van der Waals surface area contributed by atoms with E-state index in [1.807, 2.05) is 6.92 Å². The van der Waals surface area contributed by atoms with Crippen molar-refractivity contribution in [1.29, 1.82) is 5.26 Å². The molecule has 0 aromatic heterocycles. The smallest absolute Gasteiger partial charge is 0.309 e. The standard InChI is InChI=1S/C16H25N3O3/c1-2-22-15(21)13-5-9-19(10-6-13)11-14(20)18-16(12-17)7-3-4-8-16/h13H,2-11H2,1H3,(H,18,20)/p+1. The molecule has 6 heteroatoms. The van der Waals surface area contributed by atoms with E-state index in [0.717, 1.165) is 51.6 Å². The zero-order valence-electron chi connectivity index (χ0n) is 13.3. The van der Waals surface area contributed by atoms with Gasteiger partial charge in [-0.25, -0.2) is 0 Å². The van der Waals surface area contributed by atoms with Crippen molar-refractivity contribution in [3.63, 3.8) is 0 Å². The highest BCUT2D eigenvalue weighted by Crippen LogP contribution is 2.28. The van der Waals surface area contributed by atoms with Crippen LogP contribution in [0.25, 0.3) is 0 Å². The van der Waals surface area contributed by atoms with E-state index in [2.05, 4.69) is 11.4 Å². The van der Waals surface area contributed by atoms with Gasteiger partial charge >= 0.3 is 5.97 Å². The molecule has 2 rings (SSSR count). The maximum absolute atomic E-state index is 12.2. The van der Waals surface area contributed by atoms with Gasteiger partial charge in [-0.15, -0.1) is 0 Å². The van der Waals surface area contributed by atoms with Crippen molar-refractivity contribution in [2.24, 2.45) is 5.92 Å². The van der Waals surface area contributed by atoms with Crippen LogP contribution in [0.15, 0.2) is 0 Å². The number of carbonyl (C=O) groups is 2. The lowest BCUT2D eigenvalue weighted by molar-refractivity contribution is -0.897. The molecule has 0 bridgehead atoms. The Hall–Kier alpha value is -1.61. The molecule has 122 valence electrons. The number of esters is 1. The van der Waals surface area contributed by atoms with Gasteiger partial charge in [-0.05, 0) is 32.6 Å². The fraction of sp³-hybridized carbons (Fsp3) is 0.812. The van der Waals surface area contributed by atoms with E-state index in [4.69, 9.17) is 4.74 Å². The molecule has 0 radical (unpaired) electrons. The van der Waals surface area contributed by atoms with Crippen molar-refractivity contribution in [3.05, 3.63) is 0 Å². The van der Waals surface area contributed by atoms with Crippen LogP contribution in [0.5, 0.6) is 0 Å². The second-order valence-corrected chi connectivity index (χ2v) is 6.40. The second kappa shape index (κ2) is 7.59. The van der Waals surface area contributed by atoms with Crippen LogP contribution >= 0.6 is 0 Å². The highest BCUT2D eigenvalue weighted by atomic mass is 16.5. The van der Waals surface area contributed by atoms with E-state index >= 15 is 0 Å². The van der Waals surface area contributed by atoms with Gasteiger partial charge in [0.1, 0.15) is 5.54 Å². The first kappa shape index (κ1) is 16.8. The van der Waals surface area contributed by atoms with Gasteiger partial charge in [0.25, 0.3) is 5.91 Å². The van der Waals surface area contributed by atoms with Crippen LogP contribution < -0.4 is 10.2 Å². The monoisotopic (exact) mass is 308 g/mol. The van der Waals surface area contributed by atoms with Crippen molar-refractivity contribution in [2.75, 3.05) is 26.2 Å². The molecular formula is C16H26N3O3+. The molecule has 0 aromatic carbocycles. The Bertz CT molecular complexity index is 444. The van der Waals surface area contributed by atoms with E-state index in [1.165, 1.54) is 4.90 Å². The first-order valence-electron chi connectivity index (χ1n) is 8.31. The number of ether oxygens (including phenoxy) is 1. The molecule has 6 nitrogen and oxygen atoms in total. The molecule has 1 amide bonds. The molecule has 1 saturated heterocycles. The van der Waals surface area contributed by atoms with Gasteiger partial charge < -0.3 is 15.0 Å². The molecule has 1 aliphatic heterocycles. The molecular weight excluding hydrogens is 282 g/mol. The Morgan fingerprint density at radius 3 is 2.50 bits per heavy atom. The quantitative estimate of drug-likeness (QED) is 0.689. The average Bonchev–Trinajstić information content (AvgIpc) is 2.97. The number of hydrogen-bond donors (Lipinski definition) is 2. The van der Waals surface area contributed by atoms with Crippen LogP contribution in [0, 0.1) is 17.2 Å². The lowest BCUT2D eigenvalue weighted by atomic mass is 9.97. The molecule has 1 heterocycles. The van der Waals surface area contributed by atoms with Crippen LogP contribution in [0.2, 0.25) is 0 Å². The van der Waals surface area contributed by atoms with E-state index in [-0.39, 0.29) is 17.8 Å². The highest BCUT2D eigenvalue weighted by Gasteiger charge is 2.36. The third-order valence-corrected chi connectivity index (χ3v) is 4.77. The van der Waals surface area contributed by atoms with Crippen LogP contribution in [-0.4, -0.2) is 43.7 Å². The summed E-state index contributed by atoms with van der Waals surface area (Å²) in [5, 5.41) is 12.2. The summed E-state index contributed by atoms with van der Waals surface area (Å²) >= 11 is 0. The Kier molecular flexibility index (Phi) is 5.78. The van der Waals surface area contributed by atoms with Crippen molar-refractivity contribution in [1.82, 2.24) is 5.32 Å². The number of hydrogen-bond acceptors (Lipinski definition) is 4. The predicted molar refractivity (Wildman–Crippen MR) is 79.9 cm³/mol. The zero-order valence-corrected chi connectivity index (χ0v) is 13.3. The molecule has 2 N–H and O–H groups in total. The topological polar surface area (TPSA) is 83.6 Å². The first-order chi connectivity index (χ1) is 10.6. The lowest BCUT2D eigenvalue weighted by Gasteiger charge is -2.29. The number of likely N-dealkylation sites (tertiary alicyclic amines) is 1. The SMILES string of the molecule is CCOC(=O)C1CC[NH+](CC(=O)NC2(C#N)CCCC2)CC1. The number of carbonyl (C=O) groups excluding carboxylic acids is 2. The summed E-state index contributed by atoms with van der Waals surface area (Å²) in [7, 11) is 0. The zero-order chi connectivity index (χ0) is 16.0. The highest BCUT2D eigenvalue weighted by molar-refractivity contribution is 5.78. The third kappa shape index (κ3) is 4.20. The maximum atomic E-state index is 12.2. The van der Waals surface area contributed by atoms with Crippen molar-refractivity contribution >= 4 is 11.9 Å². The largest absolute Gasteiger partial charge is 0.466 e. The van der Waals surface area contributed by atoms with Gasteiger partial charge in [0.05, 0.1) is 31.7 Å². The van der Waals surface area contributed by atoms with E-state index in [9.17, 15) is 14.9 Å². The molecule has 0 unspecified atom stereocenters. The normalized spacial score (nSPS) is 26.9. The molecule has 1 saturated carbocycles. The summed E-state index contributed by atoms with van der Waals surface area (Å²) in [6.07, 6.45) is 5.07. The molecule has 2 fully saturated rings. The molecule has 0 atom stereocenters. The number of piperidine rings is 1. The minimum atomic E-state index is -0.639. The van der Waals surface area contributed by atoms with Crippen LogP contribution in [0.3, 0.4) is 0 Å². The average molecular weight is 308 g/mol. The summed E-state index contributed by atoms with van der Waals surface area (Å²) in [4.78, 5) is 25.1. The summed E-state index contributed by atoms with van der Waals surface area (Å²) in [5.74, 6) is -0.180. The number of nitrogens with zero attached hydrogens (tertiary/aromatic N) is 1. The van der Waals surface area contributed by atoms with Gasteiger partial charge in [-0.2, -0.15) is 5.26 Å².